The summed E-state index contributed by atoms with van der Waals surface area (Å²) >= 11 is 0. The predicted molar refractivity (Wildman–Crippen MR) is 95.4 cm³/mol. The highest BCUT2D eigenvalue weighted by molar-refractivity contribution is 5.89. The van der Waals surface area contributed by atoms with Gasteiger partial charge in [-0.15, -0.1) is 0 Å². The van der Waals surface area contributed by atoms with Gasteiger partial charge in [-0.25, -0.2) is 9.59 Å². The summed E-state index contributed by atoms with van der Waals surface area (Å²) in [5.41, 5.74) is 1.17. The molecule has 2 atom stereocenters. The van der Waals surface area contributed by atoms with Crippen molar-refractivity contribution in [1.29, 1.82) is 0 Å². The van der Waals surface area contributed by atoms with Gasteiger partial charge in [-0.3, -0.25) is 4.79 Å². The third kappa shape index (κ3) is 5.08. The van der Waals surface area contributed by atoms with Gasteiger partial charge in [-0.1, -0.05) is 24.3 Å². The second-order valence-corrected chi connectivity index (χ2v) is 6.28. The molecular weight excluding hydrogens is 336 g/mol. The van der Waals surface area contributed by atoms with Crippen LogP contribution < -0.4 is 5.32 Å². The molecule has 0 spiro atoms. The zero-order valence-electron chi connectivity index (χ0n) is 15.2. The Hall–Kier alpha value is -2.83. The summed E-state index contributed by atoms with van der Waals surface area (Å²) in [6.45, 7) is 0.0655. The Morgan fingerprint density at radius 2 is 1.88 bits per heavy atom. The highest BCUT2D eigenvalue weighted by Gasteiger charge is 2.30. The molecule has 0 saturated heterocycles. The van der Waals surface area contributed by atoms with Crippen molar-refractivity contribution in [1.82, 2.24) is 10.2 Å². The van der Waals surface area contributed by atoms with Crippen LogP contribution in [-0.4, -0.2) is 50.1 Å². The topological polar surface area (TPSA) is 84.9 Å². The highest BCUT2D eigenvalue weighted by atomic mass is 16.5. The molecule has 0 aromatic heterocycles. The lowest BCUT2D eigenvalue weighted by Gasteiger charge is -2.29. The molecule has 1 N–H and O–H groups in total. The first kappa shape index (κ1) is 19.5. The largest absolute Gasteiger partial charge is 0.465 e. The van der Waals surface area contributed by atoms with E-state index in [0.29, 0.717) is 12.0 Å². The predicted octanol–water partition coefficient (Wildman–Crippen LogP) is 2.12. The Labute approximate surface area is 153 Å². The van der Waals surface area contributed by atoms with Gasteiger partial charge in [-0.05, 0) is 30.5 Å². The Bertz CT molecular complexity index is 682. The van der Waals surface area contributed by atoms with E-state index >= 15 is 0 Å². The van der Waals surface area contributed by atoms with Gasteiger partial charge >= 0.3 is 12.1 Å². The van der Waals surface area contributed by atoms with Crippen molar-refractivity contribution >= 4 is 18.0 Å². The fourth-order valence-corrected chi connectivity index (χ4v) is 2.77. The molecule has 0 bridgehead atoms. The lowest BCUT2D eigenvalue weighted by atomic mass is 9.88. The smallest absolute Gasteiger partial charge is 0.407 e. The van der Waals surface area contributed by atoms with Crippen LogP contribution in [0.15, 0.2) is 36.4 Å². The van der Waals surface area contributed by atoms with Crippen molar-refractivity contribution in [2.24, 2.45) is 5.92 Å². The van der Waals surface area contributed by atoms with Crippen molar-refractivity contribution < 1.29 is 23.9 Å². The molecule has 0 saturated carbocycles. The lowest BCUT2D eigenvalue weighted by Crippen LogP contribution is -2.46. The van der Waals surface area contributed by atoms with E-state index in [0.717, 1.165) is 12.0 Å². The van der Waals surface area contributed by atoms with Crippen LogP contribution in [0.5, 0.6) is 0 Å². The van der Waals surface area contributed by atoms with Gasteiger partial charge < -0.3 is 19.7 Å². The van der Waals surface area contributed by atoms with Crippen molar-refractivity contribution in [3.63, 3.8) is 0 Å². The molecule has 1 aliphatic rings. The number of carbonyl (C=O) groups is 3. The zero-order chi connectivity index (χ0) is 19.1. The summed E-state index contributed by atoms with van der Waals surface area (Å²) in [6.07, 6.45) is 4.70. The fraction of sp³-hybridized carbons (Fsp3) is 0.421. The number of rotatable bonds is 5. The third-order valence-corrected chi connectivity index (χ3v) is 4.21. The van der Waals surface area contributed by atoms with Crippen LogP contribution in [0, 0.1) is 5.92 Å². The first-order chi connectivity index (χ1) is 12.4. The van der Waals surface area contributed by atoms with Crippen LogP contribution in [0.2, 0.25) is 0 Å². The van der Waals surface area contributed by atoms with Crippen LogP contribution in [0.25, 0.3) is 0 Å². The molecule has 1 aliphatic carbocycles. The molecule has 7 nitrogen and oxygen atoms in total. The number of nitrogens with zero attached hydrogens (tertiary/aromatic N) is 1. The van der Waals surface area contributed by atoms with Crippen LogP contribution in [0.4, 0.5) is 4.79 Å². The number of esters is 1. The zero-order valence-corrected chi connectivity index (χ0v) is 15.2. The number of alkyl carbamates (subject to hydrolysis) is 1. The van der Waals surface area contributed by atoms with Gasteiger partial charge in [0.2, 0.25) is 5.91 Å². The van der Waals surface area contributed by atoms with E-state index in [1.54, 1.807) is 38.4 Å². The second kappa shape index (κ2) is 9.03. The minimum Gasteiger partial charge on any atom is -0.465 e. The van der Waals surface area contributed by atoms with Gasteiger partial charge in [-0.2, -0.15) is 0 Å². The first-order valence-electron chi connectivity index (χ1n) is 8.40. The van der Waals surface area contributed by atoms with Gasteiger partial charge in [0.1, 0.15) is 6.61 Å². The normalized spacial score (nSPS) is 18.7. The number of nitrogens with one attached hydrogen (secondary N) is 1. The van der Waals surface area contributed by atoms with Gasteiger partial charge in [0.25, 0.3) is 0 Å². The van der Waals surface area contributed by atoms with Crippen molar-refractivity contribution in [3.8, 4) is 0 Å². The number of ether oxygens (including phenoxy) is 2. The molecule has 0 heterocycles. The summed E-state index contributed by atoms with van der Waals surface area (Å²) in [5.74, 6) is -0.726. The number of allylic oxidation sites excluding steroid dienone is 1. The van der Waals surface area contributed by atoms with Crippen LogP contribution in [0.3, 0.4) is 0 Å². The van der Waals surface area contributed by atoms with Crippen LogP contribution in [-0.2, 0) is 20.9 Å². The van der Waals surface area contributed by atoms with E-state index in [9.17, 15) is 14.4 Å². The highest BCUT2D eigenvalue weighted by Crippen LogP contribution is 2.21. The molecule has 0 aliphatic heterocycles. The number of amides is 2. The van der Waals surface area contributed by atoms with E-state index in [1.165, 1.54) is 12.0 Å². The number of hydrogen-bond acceptors (Lipinski definition) is 5. The average Bonchev–Trinajstić information content (AvgIpc) is 2.66. The summed E-state index contributed by atoms with van der Waals surface area (Å²) in [7, 11) is 4.72. The Balaban J connectivity index is 1.89. The summed E-state index contributed by atoms with van der Waals surface area (Å²) in [5, 5.41) is 2.74. The molecule has 7 heteroatoms. The van der Waals surface area contributed by atoms with E-state index < -0.39 is 12.1 Å². The summed E-state index contributed by atoms with van der Waals surface area (Å²) < 4.78 is 9.85. The molecule has 140 valence electrons. The maximum Gasteiger partial charge on any atom is 0.407 e. The molecule has 1 aromatic rings. The van der Waals surface area contributed by atoms with E-state index in [1.807, 2.05) is 12.2 Å². The third-order valence-electron chi connectivity index (χ3n) is 4.21. The van der Waals surface area contributed by atoms with Crippen molar-refractivity contribution in [2.75, 3.05) is 21.2 Å². The number of methoxy groups -OCH3 is 1. The second-order valence-electron chi connectivity index (χ2n) is 6.28. The van der Waals surface area contributed by atoms with Gasteiger partial charge in [0.15, 0.2) is 0 Å². The SMILES string of the molecule is COC(=O)c1ccc(COC(=O)N[C@H]2C=CCC[C@@H]2C(=O)N(C)C)cc1. The molecule has 0 fully saturated rings. The molecule has 0 radical (unpaired) electrons. The van der Waals surface area contributed by atoms with E-state index in [2.05, 4.69) is 10.1 Å². The quantitative estimate of drug-likeness (QED) is 0.642. The Morgan fingerprint density at radius 3 is 2.50 bits per heavy atom. The molecular formula is C19H24N2O5. The molecule has 1 aromatic carbocycles. The maximum absolute atomic E-state index is 12.2. The molecule has 2 rings (SSSR count). The minimum absolute atomic E-state index is 0.0157. The van der Waals surface area contributed by atoms with Crippen LogP contribution in [0.1, 0.15) is 28.8 Å². The monoisotopic (exact) mass is 360 g/mol. The summed E-state index contributed by atoms with van der Waals surface area (Å²) in [4.78, 5) is 37.2. The van der Waals surface area contributed by atoms with E-state index in [-0.39, 0.29) is 24.5 Å². The number of benzene rings is 1. The van der Waals surface area contributed by atoms with E-state index in [4.69, 9.17) is 4.74 Å². The molecule has 0 unspecified atom stereocenters. The fourth-order valence-electron chi connectivity index (χ4n) is 2.77. The maximum atomic E-state index is 12.2. The summed E-state index contributed by atoms with van der Waals surface area (Å²) in [6, 6.07) is 6.22. The lowest BCUT2D eigenvalue weighted by molar-refractivity contribution is -0.133. The molecule has 26 heavy (non-hydrogen) atoms. The molecule has 2 amide bonds. The minimum atomic E-state index is -0.588. The van der Waals surface area contributed by atoms with Gasteiger partial charge in [0.05, 0.1) is 24.6 Å². The number of carbonyl (C=O) groups excluding carboxylic acids is 3. The van der Waals surface area contributed by atoms with Crippen molar-refractivity contribution in [2.45, 2.75) is 25.5 Å². The number of hydrogen-bond donors (Lipinski definition) is 1. The average molecular weight is 360 g/mol. The Kier molecular flexibility index (Phi) is 6.77. The first-order valence-corrected chi connectivity index (χ1v) is 8.40. The standard InChI is InChI=1S/C19H24N2O5/c1-21(2)17(22)15-6-4-5-7-16(15)20-19(24)26-12-13-8-10-14(11-9-13)18(23)25-3/h5,7-11,15-16H,4,6,12H2,1-3H3,(H,20,24)/t15-,16-/m0/s1. The van der Waals surface area contributed by atoms with Crippen molar-refractivity contribution in [3.05, 3.63) is 47.5 Å². The van der Waals surface area contributed by atoms with Crippen LogP contribution >= 0.6 is 0 Å². The Morgan fingerprint density at radius 1 is 1.19 bits per heavy atom. The van der Waals surface area contributed by atoms with Gasteiger partial charge in [0, 0.05) is 14.1 Å².